The molecule has 0 saturated heterocycles. The van der Waals surface area contributed by atoms with Crippen molar-refractivity contribution < 1.29 is 40.7 Å². The van der Waals surface area contributed by atoms with Crippen LogP contribution in [0.25, 0.3) is 0 Å². The van der Waals surface area contributed by atoms with Crippen LogP contribution in [0.15, 0.2) is 36.5 Å². The van der Waals surface area contributed by atoms with E-state index in [2.05, 4.69) is 0 Å². The maximum absolute atomic E-state index is 13.5. The highest BCUT2D eigenvalue weighted by atomic mass is 19.4. The molecule has 0 radical (unpaired) electrons. The Balaban J connectivity index is 2.19. The number of hydrogen-bond acceptors (Lipinski definition) is 5. The minimum absolute atomic E-state index is 0.173. The number of fused-ring (bicyclic) bond motifs is 1. The second-order valence-corrected chi connectivity index (χ2v) is 6.43. The number of aromatic nitrogens is 1. The minimum Gasteiger partial charge on any atom is -0.711 e. The van der Waals surface area contributed by atoms with Gasteiger partial charge < -0.3 is 9.94 Å². The maximum Gasteiger partial charge on any atom is 0.431 e. The molecule has 29 heavy (non-hydrogen) atoms. The number of pyridine rings is 1. The third-order valence-corrected chi connectivity index (χ3v) is 4.34. The minimum atomic E-state index is -4.91. The highest BCUT2D eigenvalue weighted by Gasteiger charge is 2.59. The number of alkyl halides is 6. The van der Waals surface area contributed by atoms with Crippen LogP contribution in [0.3, 0.4) is 0 Å². The Labute approximate surface area is 158 Å². The molecule has 0 spiro atoms. The van der Waals surface area contributed by atoms with Crippen molar-refractivity contribution in [1.82, 2.24) is 0 Å². The molecule has 0 saturated carbocycles. The second kappa shape index (κ2) is 6.39. The molecule has 1 aliphatic heterocycles. The summed E-state index contributed by atoms with van der Waals surface area (Å²) in [5, 5.41) is 23.2. The summed E-state index contributed by atoms with van der Waals surface area (Å²) in [4.78, 5) is 10.9. The lowest BCUT2D eigenvalue weighted by Crippen LogP contribution is -2.58. The molecule has 0 aliphatic carbocycles. The number of rotatable bonds is 2. The lowest BCUT2D eigenvalue weighted by atomic mass is 10.0. The van der Waals surface area contributed by atoms with E-state index in [1.165, 1.54) is 0 Å². The number of anilines is 2. The monoisotopic (exact) mass is 423 g/mol. The molecule has 2 heterocycles. The van der Waals surface area contributed by atoms with E-state index in [4.69, 9.17) is 4.74 Å². The van der Waals surface area contributed by atoms with Crippen LogP contribution in [0.2, 0.25) is 0 Å². The molecule has 0 fully saturated rings. The zero-order valence-corrected chi connectivity index (χ0v) is 14.4. The highest BCUT2D eigenvalue weighted by Crippen LogP contribution is 2.47. The fourth-order valence-corrected chi connectivity index (χ4v) is 2.78. The Hall–Kier alpha value is -3.25. The van der Waals surface area contributed by atoms with E-state index in [9.17, 15) is 41.7 Å². The predicted molar refractivity (Wildman–Crippen MR) is 85.6 cm³/mol. The molecule has 156 valence electrons. The Kier molecular flexibility index (Phi) is 4.51. The number of benzene rings is 1. The molecule has 3 rings (SSSR count). The lowest BCUT2D eigenvalue weighted by Gasteiger charge is -2.39. The van der Waals surface area contributed by atoms with Gasteiger partial charge in [0.05, 0.1) is 16.6 Å². The zero-order chi connectivity index (χ0) is 21.8. The van der Waals surface area contributed by atoms with Crippen molar-refractivity contribution in [2.45, 2.75) is 24.9 Å². The van der Waals surface area contributed by atoms with Crippen molar-refractivity contribution in [3.63, 3.8) is 0 Å². The van der Waals surface area contributed by atoms with Gasteiger partial charge in [-0.2, -0.15) is 26.3 Å². The summed E-state index contributed by atoms with van der Waals surface area (Å²) in [6.07, 6.45) is -9.58. The first-order valence-electron chi connectivity index (χ1n) is 7.85. The fourth-order valence-electron chi connectivity index (χ4n) is 2.78. The van der Waals surface area contributed by atoms with Gasteiger partial charge >= 0.3 is 12.4 Å². The van der Waals surface area contributed by atoms with Gasteiger partial charge in [-0.25, -0.2) is 9.63 Å². The van der Waals surface area contributed by atoms with Crippen LogP contribution in [0.1, 0.15) is 12.5 Å². The second-order valence-electron chi connectivity index (χ2n) is 6.43. The predicted octanol–water partition coefficient (Wildman–Crippen LogP) is 4.10. The molecule has 2 aromatic rings. The highest BCUT2D eigenvalue weighted by molar-refractivity contribution is 5.71. The van der Waals surface area contributed by atoms with Gasteiger partial charge in [0.15, 0.2) is 11.4 Å². The molecule has 7 nitrogen and oxygen atoms in total. The largest absolute Gasteiger partial charge is 0.711 e. The molecule has 13 heteroatoms. The average Bonchev–Trinajstić information content (AvgIpc) is 2.58. The van der Waals surface area contributed by atoms with Crippen molar-refractivity contribution in [2.24, 2.45) is 0 Å². The van der Waals surface area contributed by atoms with Crippen LogP contribution in [-0.2, 0) is 6.18 Å². The fraction of sp³-hybridized carbons (Fsp3) is 0.312. The molecule has 1 aliphatic rings. The van der Waals surface area contributed by atoms with E-state index in [-0.39, 0.29) is 16.6 Å². The topological polar surface area (TPSA) is 82.5 Å². The van der Waals surface area contributed by atoms with E-state index in [1.54, 1.807) is 0 Å². The summed E-state index contributed by atoms with van der Waals surface area (Å²) in [5.41, 5.74) is -4.89. The normalized spacial score (nSPS) is 19.5. The number of halogens is 6. The molecule has 0 bridgehead atoms. The van der Waals surface area contributed by atoms with Gasteiger partial charge in [0.1, 0.15) is 12.7 Å². The van der Waals surface area contributed by atoms with Crippen LogP contribution < -0.4 is 14.4 Å². The van der Waals surface area contributed by atoms with Crippen molar-refractivity contribution in [2.75, 3.05) is 11.4 Å². The SMILES string of the molecule is CC1(C(F)(F)F)CN(c2ccc(C(F)(F)F)c[n+]2[O-])c2cc([N+](=O)[O-])ccc2O1. The molecule has 1 unspecified atom stereocenters. The van der Waals surface area contributed by atoms with Crippen LogP contribution in [0.5, 0.6) is 5.75 Å². The molecular formula is C16H11F6N3O4. The first-order chi connectivity index (χ1) is 13.2. The maximum atomic E-state index is 13.5. The Morgan fingerprint density at radius 2 is 1.83 bits per heavy atom. The van der Waals surface area contributed by atoms with Gasteiger partial charge in [-0.3, -0.25) is 10.1 Å². The van der Waals surface area contributed by atoms with Crippen molar-refractivity contribution in [3.8, 4) is 5.75 Å². The summed E-state index contributed by atoms with van der Waals surface area (Å²) >= 11 is 0. The third kappa shape index (κ3) is 3.59. The molecule has 0 N–H and O–H groups in total. The molecule has 1 atom stereocenters. The van der Waals surface area contributed by atoms with E-state index in [0.717, 1.165) is 23.1 Å². The number of hydrogen-bond donors (Lipinski definition) is 0. The summed E-state index contributed by atoms with van der Waals surface area (Å²) in [6, 6.07) is 3.95. The smallest absolute Gasteiger partial charge is 0.431 e. The van der Waals surface area contributed by atoms with Gasteiger partial charge in [-0.05, 0) is 19.1 Å². The summed E-state index contributed by atoms with van der Waals surface area (Å²) in [7, 11) is 0. The first-order valence-corrected chi connectivity index (χ1v) is 7.85. The number of nitro groups is 1. The number of nitro benzene ring substituents is 1. The quantitative estimate of drug-likeness (QED) is 0.239. The average molecular weight is 423 g/mol. The van der Waals surface area contributed by atoms with E-state index in [0.29, 0.717) is 19.1 Å². The number of nitrogens with zero attached hydrogens (tertiary/aromatic N) is 3. The first kappa shape index (κ1) is 20.5. The van der Waals surface area contributed by atoms with E-state index < -0.39 is 52.2 Å². The van der Waals surface area contributed by atoms with Gasteiger partial charge in [0.2, 0.25) is 5.60 Å². The Bertz CT molecular complexity index is 978. The van der Waals surface area contributed by atoms with Gasteiger partial charge in [-0.1, -0.05) is 0 Å². The summed E-state index contributed by atoms with van der Waals surface area (Å²) < 4.78 is 83.8. The van der Waals surface area contributed by atoms with Crippen LogP contribution in [-0.4, -0.2) is 23.2 Å². The molecule has 1 aromatic heterocycles. The van der Waals surface area contributed by atoms with Gasteiger partial charge in [0.25, 0.3) is 11.5 Å². The zero-order valence-electron chi connectivity index (χ0n) is 14.4. The molecule has 1 aromatic carbocycles. The Morgan fingerprint density at radius 3 is 2.34 bits per heavy atom. The van der Waals surface area contributed by atoms with E-state index in [1.807, 2.05) is 0 Å². The molecular weight excluding hydrogens is 412 g/mol. The lowest BCUT2D eigenvalue weighted by molar-refractivity contribution is -0.593. The van der Waals surface area contributed by atoms with Crippen molar-refractivity contribution in [3.05, 3.63) is 57.4 Å². The number of non-ortho nitro benzene ring substituents is 1. The van der Waals surface area contributed by atoms with Gasteiger partial charge in [-0.15, -0.1) is 0 Å². The third-order valence-electron chi connectivity index (χ3n) is 4.34. The van der Waals surface area contributed by atoms with Crippen LogP contribution in [0.4, 0.5) is 43.5 Å². The number of ether oxygens (including phenoxy) is 1. The van der Waals surface area contributed by atoms with Gasteiger partial charge in [0, 0.05) is 12.1 Å². The molecule has 0 amide bonds. The van der Waals surface area contributed by atoms with Crippen molar-refractivity contribution >= 4 is 17.2 Å². The standard InChI is InChI=1S/C16H11F6N3O4/c1-14(16(20,21)22)8-23(11-6-10(25(27)28)3-4-12(11)29-14)13-5-2-9(7-24(13)26)15(17,18)19/h2-7H,8H2,1H3. The summed E-state index contributed by atoms with van der Waals surface area (Å²) in [6.45, 7) is -0.318. The summed E-state index contributed by atoms with van der Waals surface area (Å²) in [5.74, 6) is -1.000. The Morgan fingerprint density at radius 1 is 1.17 bits per heavy atom. The van der Waals surface area contributed by atoms with E-state index >= 15 is 0 Å². The van der Waals surface area contributed by atoms with Crippen LogP contribution in [0, 0.1) is 15.3 Å². The van der Waals surface area contributed by atoms with Crippen molar-refractivity contribution in [1.29, 1.82) is 0 Å². The van der Waals surface area contributed by atoms with Crippen LogP contribution >= 0.6 is 0 Å².